The first kappa shape index (κ1) is 21.4. The maximum atomic E-state index is 12.8. The molecule has 2 heterocycles. The van der Waals surface area contributed by atoms with E-state index >= 15 is 0 Å². The third kappa shape index (κ3) is 5.63. The Balaban J connectivity index is 1.50. The highest BCUT2D eigenvalue weighted by Gasteiger charge is 2.35. The minimum Gasteiger partial charge on any atom is -0.360 e. The predicted molar refractivity (Wildman–Crippen MR) is 109 cm³/mol. The quantitative estimate of drug-likeness (QED) is 0.628. The first-order chi connectivity index (χ1) is 14.0. The number of nitrogens with zero attached hydrogens (tertiary/aromatic N) is 1. The van der Waals surface area contributed by atoms with Gasteiger partial charge in [-0.1, -0.05) is 36.4 Å². The Labute approximate surface area is 173 Å². The van der Waals surface area contributed by atoms with E-state index in [1.807, 2.05) is 30.3 Å². The van der Waals surface area contributed by atoms with Gasteiger partial charge in [-0.25, -0.2) is 8.42 Å². The molecule has 2 N–H and O–H groups in total. The van der Waals surface area contributed by atoms with Crippen molar-refractivity contribution in [3.8, 4) is 0 Å². The van der Waals surface area contributed by atoms with E-state index in [9.17, 15) is 18.0 Å². The standard InChI is InChI=1S/C19H23N3O5S2/c23-18(20-10-9-15-6-2-1-3-7-15)19(24)21-14-16-22(11-5-12-27-16)29(25,26)17-8-4-13-28-17/h1-4,6-8,13,16H,5,9-12,14H2,(H,20,23)(H,21,24)/t16-/m0/s1. The molecule has 0 radical (unpaired) electrons. The van der Waals surface area contributed by atoms with E-state index in [0.29, 0.717) is 32.5 Å². The summed E-state index contributed by atoms with van der Waals surface area (Å²) in [7, 11) is -3.71. The lowest BCUT2D eigenvalue weighted by Crippen LogP contribution is -2.53. The zero-order valence-electron chi connectivity index (χ0n) is 15.7. The maximum absolute atomic E-state index is 12.8. The second-order valence-electron chi connectivity index (χ2n) is 6.43. The van der Waals surface area contributed by atoms with Crippen LogP contribution in [0.2, 0.25) is 0 Å². The SMILES string of the molecule is O=C(NCCc1ccccc1)C(=O)NC[C@@H]1OCCCN1S(=O)(=O)c1cccs1. The van der Waals surface area contributed by atoms with Crippen molar-refractivity contribution in [1.82, 2.24) is 14.9 Å². The van der Waals surface area contributed by atoms with Crippen LogP contribution in [0.4, 0.5) is 0 Å². The summed E-state index contributed by atoms with van der Waals surface area (Å²) in [5.74, 6) is -1.58. The Kier molecular flexibility index (Phi) is 7.37. The van der Waals surface area contributed by atoms with Gasteiger partial charge in [0.25, 0.3) is 10.0 Å². The van der Waals surface area contributed by atoms with Gasteiger partial charge in [0.05, 0.1) is 13.2 Å². The number of benzene rings is 1. The Morgan fingerprint density at radius 3 is 2.59 bits per heavy atom. The van der Waals surface area contributed by atoms with Gasteiger partial charge < -0.3 is 15.4 Å². The lowest BCUT2D eigenvalue weighted by molar-refractivity contribution is -0.140. The van der Waals surface area contributed by atoms with Gasteiger partial charge in [-0.15, -0.1) is 11.3 Å². The smallest absolute Gasteiger partial charge is 0.309 e. The average molecular weight is 438 g/mol. The number of sulfonamides is 1. The molecule has 1 fully saturated rings. The molecular formula is C19H23N3O5S2. The number of thiophene rings is 1. The monoisotopic (exact) mass is 437 g/mol. The van der Waals surface area contributed by atoms with E-state index in [0.717, 1.165) is 16.9 Å². The zero-order chi connectivity index (χ0) is 20.7. The first-order valence-electron chi connectivity index (χ1n) is 9.25. The van der Waals surface area contributed by atoms with Crippen LogP contribution in [0, 0.1) is 0 Å². The van der Waals surface area contributed by atoms with Gasteiger partial charge >= 0.3 is 11.8 Å². The van der Waals surface area contributed by atoms with Crippen LogP contribution in [-0.2, 0) is 30.8 Å². The lowest BCUT2D eigenvalue weighted by Gasteiger charge is -2.34. The van der Waals surface area contributed by atoms with Gasteiger partial charge in [-0.3, -0.25) is 9.59 Å². The Morgan fingerprint density at radius 2 is 1.86 bits per heavy atom. The van der Waals surface area contributed by atoms with Crippen LogP contribution in [0.3, 0.4) is 0 Å². The molecule has 1 aliphatic heterocycles. The zero-order valence-corrected chi connectivity index (χ0v) is 17.4. The van der Waals surface area contributed by atoms with Crippen molar-refractivity contribution in [2.24, 2.45) is 0 Å². The molecule has 0 unspecified atom stereocenters. The first-order valence-corrected chi connectivity index (χ1v) is 11.6. The summed E-state index contributed by atoms with van der Waals surface area (Å²) in [6.07, 6.45) is 0.324. The number of rotatable bonds is 7. The fraction of sp³-hybridized carbons (Fsp3) is 0.368. The van der Waals surface area contributed by atoms with Crippen LogP contribution in [-0.4, -0.2) is 57.0 Å². The molecule has 1 saturated heterocycles. The van der Waals surface area contributed by atoms with Crippen LogP contribution in [0.1, 0.15) is 12.0 Å². The van der Waals surface area contributed by atoms with Crippen LogP contribution in [0.5, 0.6) is 0 Å². The van der Waals surface area contributed by atoms with Gasteiger partial charge in [0.1, 0.15) is 10.4 Å². The van der Waals surface area contributed by atoms with Gasteiger partial charge in [-0.2, -0.15) is 4.31 Å². The minimum atomic E-state index is -3.71. The minimum absolute atomic E-state index is 0.102. The number of carbonyl (C=O) groups is 2. The normalized spacial score (nSPS) is 17.6. The maximum Gasteiger partial charge on any atom is 0.309 e. The molecule has 29 heavy (non-hydrogen) atoms. The van der Waals surface area contributed by atoms with Crippen molar-refractivity contribution in [3.63, 3.8) is 0 Å². The van der Waals surface area contributed by atoms with Crippen molar-refractivity contribution in [1.29, 1.82) is 0 Å². The van der Waals surface area contributed by atoms with E-state index in [2.05, 4.69) is 10.6 Å². The number of hydrogen-bond donors (Lipinski definition) is 2. The molecule has 0 spiro atoms. The molecule has 8 nitrogen and oxygen atoms in total. The molecule has 1 aliphatic rings. The summed E-state index contributed by atoms with van der Waals surface area (Å²) in [4.78, 5) is 24.0. The summed E-state index contributed by atoms with van der Waals surface area (Å²) in [5, 5.41) is 6.72. The highest BCUT2D eigenvalue weighted by Crippen LogP contribution is 2.25. The number of ether oxygens (including phenoxy) is 1. The molecule has 0 saturated carbocycles. The van der Waals surface area contributed by atoms with E-state index in [-0.39, 0.29) is 10.8 Å². The van der Waals surface area contributed by atoms with Crippen LogP contribution in [0.25, 0.3) is 0 Å². The number of amides is 2. The Morgan fingerprint density at radius 1 is 1.10 bits per heavy atom. The van der Waals surface area contributed by atoms with Gasteiger partial charge in [0.2, 0.25) is 0 Å². The molecule has 156 valence electrons. The molecule has 3 rings (SSSR count). The summed E-state index contributed by atoms with van der Waals surface area (Å²) >= 11 is 1.13. The molecule has 0 bridgehead atoms. The van der Waals surface area contributed by atoms with Crippen molar-refractivity contribution >= 4 is 33.2 Å². The van der Waals surface area contributed by atoms with Crippen LogP contribution >= 0.6 is 11.3 Å². The van der Waals surface area contributed by atoms with E-state index in [1.54, 1.807) is 11.4 Å². The Bertz CT molecular complexity index is 917. The van der Waals surface area contributed by atoms with E-state index < -0.39 is 28.1 Å². The third-order valence-electron chi connectivity index (χ3n) is 4.40. The van der Waals surface area contributed by atoms with Crippen molar-refractivity contribution in [3.05, 3.63) is 53.4 Å². The topological polar surface area (TPSA) is 105 Å². The molecule has 1 aromatic heterocycles. The number of nitrogens with one attached hydrogen (secondary N) is 2. The Hall–Kier alpha value is -2.27. The lowest BCUT2D eigenvalue weighted by atomic mass is 10.1. The van der Waals surface area contributed by atoms with Crippen LogP contribution < -0.4 is 10.6 Å². The molecule has 2 aromatic rings. The highest BCUT2D eigenvalue weighted by atomic mass is 32.2. The fourth-order valence-corrected chi connectivity index (χ4v) is 5.62. The van der Waals surface area contributed by atoms with E-state index in [1.165, 1.54) is 10.4 Å². The molecule has 0 aliphatic carbocycles. The molecule has 1 aromatic carbocycles. The van der Waals surface area contributed by atoms with Crippen molar-refractivity contribution in [2.45, 2.75) is 23.3 Å². The molecule has 2 amide bonds. The molecule has 1 atom stereocenters. The van der Waals surface area contributed by atoms with Gasteiger partial charge in [0, 0.05) is 13.1 Å². The highest BCUT2D eigenvalue weighted by molar-refractivity contribution is 7.91. The van der Waals surface area contributed by atoms with Crippen molar-refractivity contribution < 1.29 is 22.7 Å². The second-order valence-corrected chi connectivity index (χ2v) is 9.49. The third-order valence-corrected chi connectivity index (χ3v) is 7.66. The predicted octanol–water partition coefficient (Wildman–Crippen LogP) is 0.960. The number of carbonyl (C=O) groups excluding carboxylic acids is 2. The summed E-state index contributed by atoms with van der Waals surface area (Å²) < 4.78 is 32.6. The van der Waals surface area contributed by atoms with E-state index in [4.69, 9.17) is 4.74 Å². The van der Waals surface area contributed by atoms with Crippen LogP contribution in [0.15, 0.2) is 52.1 Å². The largest absolute Gasteiger partial charge is 0.360 e. The summed E-state index contributed by atoms with van der Waals surface area (Å²) in [6, 6.07) is 12.8. The molecule has 10 heteroatoms. The van der Waals surface area contributed by atoms with Crippen molar-refractivity contribution in [2.75, 3.05) is 26.2 Å². The van der Waals surface area contributed by atoms with Gasteiger partial charge in [0.15, 0.2) is 0 Å². The summed E-state index contributed by atoms with van der Waals surface area (Å²) in [6.45, 7) is 0.912. The molecular weight excluding hydrogens is 414 g/mol. The average Bonchev–Trinajstić information content (AvgIpc) is 3.29. The fourth-order valence-electron chi connectivity index (χ4n) is 2.93. The summed E-state index contributed by atoms with van der Waals surface area (Å²) in [5.41, 5.74) is 1.05. The van der Waals surface area contributed by atoms with Gasteiger partial charge in [-0.05, 0) is 29.9 Å². The second kappa shape index (κ2) is 9.97. The number of hydrogen-bond acceptors (Lipinski definition) is 6.